The molecule has 2 heterocycles. The van der Waals surface area contributed by atoms with Gasteiger partial charge in [0.05, 0.1) is 0 Å². The first kappa shape index (κ1) is 27.4. The van der Waals surface area contributed by atoms with Crippen LogP contribution in [-0.4, -0.2) is 69.5 Å². The topological polar surface area (TPSA) is 155 Å². The van der Waals surface area contributed by atoms with Crippen LogP contribution in [0.15, 0.2) is 0 Å². The van der Waals surface area contributed by atoms with Gasteiger partial charge in [-0.25, -0.2) is 0 Å². The molecule has 10 nitrogen and oxygen atoms in total. The van der Waals surface area contributed by atoms with Crippen molar-refractivity contribution in [2.45, 2.75) is 88.7 Å². The molecule has 0 bridgehead atoms. The summed E-state index contributed by atoms with van der Waals surface area (Å²) in [5.74, 6) is 0. The number of aliphatic hydroxyl groups excluding tert-OH is 2. The summed E-state index contributed by atoms with van der Waals surface area (Å²) < 4.78 is 0. The zero-order valence-electron chi connectivity index (χ0n) is 16.1. The fourth-order valence-electron chi connectivity index (χ4n) is 3.33. The summed E-state index contributed by atoms with van der Waals surface area (Å²) in [6, 6.07) is 0.0172. The Labute approximate surface area is 177 Å². The Morgan fingerprint density at radius 1 is 0.893 bits per heavy atom. The van der Waals surface area contributed by atoms with Gasteiger partial charge in [-0.15, -0.1) is 24.2 Å². The van der Waals surface area contributed by atoms with Crippen LogP contribution >= 0.6 is 10.1 Å². The third-order valence-corrected chi connectivity index (χ3v) is 4.70. The molecule has 0 aromatic heterocycles. The van der Waals surface area contributed by atoms with Crippen LogP contribution < -0.4 is 0 Å². The predicted molar refractivity (Wildman–Crippen MR) is 103 cm³/mol. The molecule has 2 aliphatic rings. The van der Waals surface area contributed by atoms with Crippen LogP contribution in [-0.2, 0) is 14.8 Å². The molecular formula is C16H30ClCoN4O6. The van der Waals surface area contributed by atoms with Gasteiger partial charge in [-0.1, -0.05) is 52.4 Å². The summed E-state index contributed by atoms with van der Waals surface area (Å²) in [5, 5.41) is 47.7. The Hall–Kier alpha value is -0.564. The third-order valence-electron chi connectivity index (χ3n) is 4.70. The van der Waals surface area contributed by atoms with E-state index in [1.165, 1.54) is 0 Å². The van der Waals surface area contributed by atoms with Gasteiger partial charge in [-0.05, 0) is 0 Å². The van der Waals surface area contributed by atoms with Crippen molar-refractivity contribution in [3.63, 3.8) is 0 Å². The maximum atomic E-state index is 10.1. The molecule has 0 aromatic rings. The van der Waals surface area contributed by atoms with Crippen molar-refractivity contribution in [3.8, 4) is 0 Å². The van der Waals surface area contributed by atoms with Crippen LogP contribution in [0.5, 0.6) is 0 Å². The monoisotopic (exact) mass is 468 g/mol. The molecule has 0 radical (unpaired) electrons. The molecular weight excluding hydrogens is 439 g/mol. The standard InChI is InChI=1S/2C8H15N2O3.ClH.Co/c2*1-6-3-2-4-7(9-6)8(11)5-10(12)13;;/h2*6-8,11H,2-5H2,1H3;1H;/q2*-1;;+3/p-1. The van der Waals surface area contributed by atoms with Crippen LogP contribution in [0.3, 0.4) is 0 Å². The molecule has 0 aromatic carbocycles. The van der Waals surface area contributed by atoms with Crippen LogP contribution in [0.4, 0.5) is 0 Å². The number of nitro groups is 2. The van der Waals surface area contributed by atoms with Crippen LogP contribution in [0, 0.1) is 20.2 Å². The van der Waals surface area contributed by atoms with Gasteiger partial charge >= 0.3 is 25.0 Å². The second-order valence-corrected chi connectivity index (χ2v) is 7.16. The van der Waals surface area contributed by atoms with E-state index in [1.54, 1.807) is 0 Å². The average Bonchev–Trinajstić information content (AvgIpc) is 2.63. The molecule has 2 aliphatic heterocycles. The molecule has 0 amide bonds. The zero-order chi connectivity index (χ0) is 21.7. The second kappa shape index (κ2) is 15.3. The molecule has 12 heteroatoms. The molecule has 6 atom stereocenters. The predicted octanol–water partition coefficient (Wildman–Crippen LogP) is 2.56. The number of hydrogen-bond donors (Lipinski definition) is 2. The van der Waals surface area contributed by atoms with E-state index in [2.05, 4.69) is 35.6 Å². The zero-order valence-corrected chi connectivity index (χ0v) is 17.9. The SMILES string of the molecule is CC1CCCC(C(O)C[N+](=O)[O-])[N-]1.CC1CCCC(C(O)C[N+](=O)[O-])[N-]1.[Cl][Co+2]. The summed E-state index contributed by atoms with van der Waals surface area (Å²) in [7, 11) is 4.33. The quantitative estimate of drug-likeness (QED) is 0.451. The van der Waals surface area contributed by atoms with E-state index >= 15 is 0 Å². The van der Waals surface area contributed by atoms with E-state index in [9.17, 15) is 30.4 Å². The molecule has 2 fully saturated rings. The number of piperidine rings is 2. The van der Waals surface area contributed by atoms with E-state index < -0.39 is 22.1 Å². The van der Waals surface area contributed by atoms with Gasteiger partial charge in [-0.3, -0.25) is 20.2 Å². The Bertz CT molecular complexity index is 425. The molecule has 2 N–H and O–H groups in total. The first-order chi connectivity index (χ1) is 13.2. The summed E-state index contributed by atoms with van der Waals surface area (Å²) >= 11 is 3.03. The van der Waals surface area contributed by atoms with Gasteiger partial charge in [-0.2, -0.15) is 0 Å². The number of hydrogen-bond acceptors (Lipinski definition) is 6. The molecule has 0 spiro atoms. The number of nitrogens with zero attached hydrogens (tertiary/aromatic N) is 4. The Balaban J connectivity index is 0.000000478. The van der Waals surface area contributed by atoms with Gasteiger partial charge < -0.3 is 20.8 Å². The Morgan fingerprint density at radius 3 is 1.46 bits per heavy atom. The van der Waals surface area contributed by atoms with Gasteiger partial charge in [0.1, 0.15) is 12.2 Å². The summed E-state index contributed by atoms with van der Waals surface area (Å²) in [4.78, 5) is 19.3. The Kier molecular flexibility index (Phi) is 15.0. The molecule has 0 aliphatic carbocycles. The third kappa shape index (κ3) is 12.1. The first-order valence-electron chi connectivity index (χ1n) is 9.31. The van der Waals surface area contributed by atoms with E-state index in [4.69, 9.17) is 0 Å². The first-order valence-corrected chi connectivity index (χ1v) is 10.7. The van der Waals surface area contributed by atoms with Crippen LogP contribution in [0.2, 0.25) is 0 Å². The summed E-state index contributed by atoms with van der Waals surface area (Å²) in [6.07, 6.45) is 3.81. The summed E-state index contributed by atoms with van der Waals surface area (Å²) in [5.41, 5.74) is 0. The van der Waals surface area contributed by atoms with Crippen molar-refractivity contribution in [2.75, 3.05) is 13.1 Å². The molecule has 2 saturated heterocycles. The fraction of sp³-hybridized carbons (Fsp3) is 1.00. The van der Waals surface area contributed by atoms with Crippen LogP contribution in [0.1, 0.15) is 52.4 Å². The molecule has 6 unspecified atom stereocenters. The second-order valence-electron chi connectivity index (χ2n) is 7.16. The average molecular weight is 469 g/mol. The molecule has 28 heavy (non-hydrogen) atoms. The van der Waals surface area contributed by atoms with E-state index in [-0.39, 0.29) is 37.3 Å². The van der Waals surface area contributed by atoms with Gasteiger partial charge in [0.2, 0.25) is 13.1 Å². The van der Waals surface area contributed by atoms with Crippen molar-refractivity contribution >= 4 is 10.1 Å². The fourth-order valence-corrected chi connectivity index (χ4v) is 3.33. The maximum absolute atomic E-state index is 10.1. The summed E-state index contributed by atoms with van der Waals surface area (Å²) in [6.45, 7) is 3.18. The molecule has 0 saturated carbocycles. The van der Waals surface area contributed by atoms with Crippen molar-refractivity contribution in [1.82, 2.24) is 0 Å². The van der Waals surface area contributed by atoms with Crippen LogP contribution in [0.25, 0.3) is 10.6 Å². The number of aliphatic hydroxyl groups is 2. The van der Waals surface area contributed by atoms with Crippen molar-refractivity contribution in [2.24, 2.45) is 0 Å². The van der Waals surface area contributed by atoms with Crippen molar-refractivity contribution in [1.29, 1.82) is 0 Å². The number of rotatable bonds is 6. The van der Waals surface area contributed by atoms with E-state index in [0.29, 0.717) is 0 Å². The minimum absolute atomic E-state index is 0.228. The van der Waals surface area contributed by atoms with E-state index in [1.807, 2.05) is 13.8 Å². The van der Waals surface area contributed by atoms with E-state index in [0.717, 1.165) is 38.5 Å². The molecule has 2 rings (SSSR count). The number of halogens is 1. The van der Waals surface area contributed by atoms with Gasteiger partial charge in [0.25, 0.3) is 0 Å². The normalized spacial score (nSPS) is 29.2. The minimum atomic E-state index is -0.905. The van der Waals surface area contributed by atoms with Gasteiger partial charge in [0, 0.05) is 9.85 Å². The van der Waals surface area contributed by atoms with Gasteiger partial charge in [0.15, 0.2) is 0 Å². The molecule has 166 valence electrons. The Morgan fingerprint density at radius 2 is 1.21 bits per heavy atom. The van der Waals surface area contributed by atoms with Crippen molar-refractivity contribution < 1.29 is 34.9 Å². The van der Waals surface area contributed by atoms with Crippen molar-refractivity contribution in [3.05, 3.63) is 30.9 Å².